The Morgan fingerprint density at radius 3 is 2.61 bits per heavy atom. The molecule has 3 aromatic rings. The van der Waals surface area contributed by atoms with Crippen molar-refractivity contribution in [1.29, 1.82) is 0 Å². The van der Waals surface area contributed by atoms with E-state index in [4.69, 9.17) is 19.7 Å². The third kappa shape index (κ3) is 5.29. The number of hydrogen-bond donors (Lipinski definition) is 4. The van der Waals surface area contributed by atoms with Crippen LogP contribution in [0.25, 0.3) is 0 Å². The van der Waals surface area contributed by atoms with Crippen LogP contribution in [0.15, 0.2) is 48.8 Å². The first kappa shape index (κ1) is 19.3. The quantitative estimate of drug-likeness (QED) is 0.413. The summed E-state index contributed by atoms with van der Waals surface area (Å²) in [6.07, 6.45) is 3.30. The number of aliphatic hydroxyl groups is 2. The van der Waals surface area contributed by atoms with Gasteiger partial charge in [-0.05, 0) is 25.1 Å². The molecule has 3 rings (SSSR count). The van der Waals surface area contributed by atoms with Crippen LogP contribution in [0.2, 0.25) is 0 Å². The van der Waals surface area contributed by atoms with E-state index in [0.29, 0.717) is 29.1 Å². The molecule has 0 saturated heterocycles. The molecule has 0 aliphatic heterocycles. The van der Waals surface area contributed by atoms with Crippen molar-refractivity contribution in [2.75, 3.05) is 30.6 Å². The van der Waals surface area contributed by atoms with Gasteiger partial charge < -0.3 is 30.3 Å². The Balaban J connectivity index is 1.71. The molecule has 2 aromatic heterocycles. The van der Waals surface area contributed by atoms with Gasteiger partial charge in [-0.1, -0.05) is 6.07 Å². The fraction of sp³-hybridized carbons (Fsp3) is 0.211. The van der Waals surface area contributed by atoms with Crippen LogP contribution in [0.3, 0.4) is 0 Å². The van der Waals surface area contributed by atoms with Crippen molar-refractivity contribution >= 4 is 23.1 Å². The molecule has 0 radical (unpaired) electrons. The lowest BCUT2D eigenvalue weighted by Crippen LogP contribution is -2.04. The Morgan fingerprint density at radius 2 is 1.86 bits per heavy atom. The molecule has 146 valence electrons. The lowest BCUT2D eigenvalue weighted by Gasteiger charge is -2.12. The summed E-state index contributed by atoms with van der Waals surface area (Å²) in [4.78, 5) is 12.9. The van der Waals surface area contributed by atoms with Crippen LogP contribution in [-0.4, -0.2) is 45.2 Å². The first-order valence-electron chi connectivity index (χ1n) is 8.59. The zero-order chi connectivity index (χ0) is 19.8. The van der Waals surface area contributed by atoms with E-state index in [2.05, 4.69) is 25.6 Å². The van der Waals surface area contributed by atoms with Gasteiger partial charge in [-0.15, -0.1) is 0 Å². The van der Waals surface area contributed by atoms with Crippen molar-refractivity contribution in [3.8, 4) is 11.6 Å². The van der Waals surface area contributed by atoms with Gasteiger partial charge >= 0.3 is 0 Å². The molecule has 0 spiro atoms. The molecule has 0 saturated carbocycles. The van der Waals surface area contributed by atoms with Crippen molar-refractivity contribution in [2.45, 2.75) is 6.92 Å². The minimum atomic E-state index is -0.387. The Morgan fingerprint density at radius 1 is 0.964 bits per heavy atom. The third-order valence-corrected chi connectivity index (χ3v) is 3.63. The monoisotopic (exact) mass is 383 g/mol. The highest BCUT2D eigenvalue weighted by Gasteiger charge is 2.06. The number of ether oxygens (including phenoxy) is 2. The average molecular weight is 383 g/mol. The standard InChI is InChI=1S/C19H21N5O4/c1-13-10-21-19(23-15-5-6-17(20-11-15)27-8-7-25)24-18(13)22-14-3-2-4-16(9-14)28-12-26/h2-6,9-11,25-26H,7-8,12H2,1H3,(H2,21,22,23,24). The molecule has 9 nitrogen and oxygen atoms in total. The number of nitrogens with one attached hydrogen (secondary N) is 2. The molecule has 9 heteroatoms. The van der Waals surface area contributed by atoms with Gasteiger partial charge in [-0.25, -0.2) is 9.97 Å². The summed E-state index contributed by atoms with van der Waals surface area (Å²) in [7, 11) is 0. The summed E-state index contributed by atoms with van der Waals surface area (Å²) in [5.74, 6) is 2.01. The van der Waals surface area contributed by atoms with Crippen LogP contribution in [0.1, 0.15) is 5.56 Å². The van der Waals surface area contributed by atoms with Gasteiger partial charge in [0.25, 0.3) is 0 Å². The highest BCUT2D eigenvalue weighted by molar-refractivity contribution is 5.63. The molecule has 0 aliphatic rings. The van der Waals surface area contributed by atoms with Gasteiger partial charge in [-0.2, -0.15) is 4.98 Å². The van der Waals surface area contributed by atoms with Gasteiger partial charge in [0, 0.05) is 29.6 Å². The number of rotatable bonds is 9. The number of anilines is 4. The molecule has 2 heterocycles. The fourth-order valence-electron chi connectivity index (χ4n) is 2.32. The second kappa shape index (κ2) is 9.49. The second-order valence-corrected chi connectivity index (χ2v) is 5.73. The van der Waals surface area contributed by atoms with Crippen molar-refractivity contribution in [2.24, 2.45) is 0 Å². The highest BCUT2D eigenvalue weighted by Crippen LogP contribution is 2.24. The van der Waals surface area contributed by atoms with Crippen LogP contribution in [0.4, 0.5) is 23.1 Å². The predicted molar refractivity (Wildman–Crippen MR) is 104 cm³/mol. The maximum absolute atomic E-state index is 8.89. The predicted octanol–water partition coefficient (Wildman–Crippen LogP) is 2.37. The van der Waals surface area contributed by atoms with Crippen molar-refractivity contribution in [3.05, 3.63) is 54.4 Å². The van der Waals surface area contributed by atoms with Gasteiger partial charge in [0.15, 0.2) is 6.79 Å². The Bertz CT molecular complexity index is 905. The maximum atomic E-state index is 8.89. The molecule has 0 bridgehead atoms. The summed E-state index contributed by atoms with van der Waals surface area (Å²) in [6.45, 7) is 1.64. The van der Waals surface area contributed by atoms with E-state index in [9.17, 15) is 0 Å². The average Bonchev–Trinajstić information content (AvgIpc) is 2.71. The van der Waals surface area contributed by atoms with Crippen LogP contribution < -0.4 is 20.1 Å². The van der Waals surface area contributed by atoms with E-state index in [1.54, 1.807) is 36.7 Å². The molecule has 4 N–H and O–H groups in total. The Kier molecular flexibility index (Phi) is 6.55. The largest absolute Gasteiger partial charge is 0.475 e. The van der Waals surface area contributed by atoms with Crippen molar-refractivity contribution in [3.63, 3.8) is 0 Å². The fourth-order valence-corrected chi connectivity index (χ4v) is 2.32. The minimum Gasteiger partial charge on any atom is -0.475 e. The van der Waals surface area contributed by atoms with E-state index in [0.717, 1.165) is 11.3 Å². The maximum Gasteiger partial charge on any atom is 0.229 e. The summed E-state index contributed by atoms with van der Waals surface area (Å²) >= 11 is 0. The number of aryl methyl sites for hydroxylation is 1. The molecule has 0 aliphatic carbocycles. The van der Waals surface area contributed by atoms with E-state index >= 15 is 0 Å². The number of aliphatic hydroxyl groups excluding tert-OH is 2. The minimum absolute atomic E-state index is 0.0658. The molecule has 28 heavy (non-hydrogen) atoms. The Labute approximate surface area is 162 Å². The van der Waals surface area contributed by atoms with Gasteiger partial charge in [0.05, 0.1) is 18.5 Å². The second-order valence-electron chi connectivity index (χ2n) is 5.73. The number of benzene rings is 1. The number of aromatic nitrogens is 3. The van der Waals surface area contributed by atoms with E-state index in [-0.39, 0.29) is 20.0 Å². The van der Waals surface area contributed by atoms with Gasteiger partial charge in [0.2, 0.25) is 11.8 Å². The Hall–Kier alpha value is -3.43. The lowest BCUT2D eigenvalue weighted by molar-refractivity contribution is 0.0986. The summed E-state index contributed by atoms with van der Waals surface area (Å²) in [5.41, 5.74) is 2.33. The van der Waals surface area contributed by atoms with Crippen LogP contribution in [0.5, 0.6) is 11.6 Å². The number of hydrogen-bond acceptors (Lipinski definition) is 9. The SMILES string of the molecule is Cc1cnc(Nc2ccc(OCCO)nc2)nc1Nc1cccc(OCO)c1. The van der Waals surface area contributed by atoms with Crippen molar-refractivity contribution in [1.82, 2.24) is 15.0 Å². The zero-order valence-electron chi connectivity index (χ0n) is 15.3. The third-order valence-electron chi connectivity index (χ3n) is 3.63. The molecular formula is C19H21N5O4. The molecule has 0 unspecified atom stereocenters. The first-order chi connectivity index (χ1) is 13.7. The van der Waals surface area contributed by atoms with Crippen molar-refractivity contribution < 1.29 is 19.7 Å². The zero-order valence-corrected chi connectivity index (χ0v) is 15.3. The van der Waals surface area contributed by atoms with E-state index < -0.39 is 0 Å². The molecular weight excluding hydrogens is 362 g/mol. The molecule has 0 atom stereocenters. The summed E-state index contributed by atoms with van der Waals surface area (Å²) < 4.78 is 10.3. The molecule has 0 fully saturated rings. The highest BCUT2D eigenvalue weighted by atomic mass is 16.6. The van der Waals surface area contributed by atoms with Crippen LogP contribution >= 0.6 is 0 Å². The normalized spacial score (nSPS) is 10.4. The van der Waals surface area contributed by atoms with E-state index in [1.165, 1.54) is 0 Å². The van der Waals surface area contributed by atoms with Crippen LogP contribution in [-0.2, 0) is 0 Å². The summed E-state index contributed by atoms with van der Waals surface area (Å²) in [5, 5.41) is 24.0. The molecule has 1 aromatic carbocycles. The summed E-state index contributed by atoms with van der Waals surface area (Å²) in [6, 6.07) is 10.7. The van der Waals surface area contributed by atoms with E-state index in [1.807, 2.05) is 19.1 Å². The van der Waals surface area contributed by atoms with Gasteiger partial charge in [-0.3, -0.25) is 0 Å². The topological polar surface area (TPSA) is 122 Å². The van der Waals surface area contributed by atoms with Crippen LogP contribution in [0, 0.1) is 6.92 Å². The first-order valence-corrected chi connectivity index (χ1v) is 8.59. The number of pyridine rings is 1. The molecule has 0 amide bonds. The van der Waals surface area contributed by atoms with Gasteiger partial charge in [0.1, 0.15) is 18.2 Å². The number of nitrogens with zero attached hydrogens (tertiary/aromatic N) is 3. The smallest absolute Gasteiger partial charge is 0.229 e. The lowest BCUT2D eigenvalue weighted by atomic mass is 10.3.